The van der Waals surface area contributed by atoms with Crippen LogP contribution in [0.1, 0.15) is 30.7 Å². The second kappa shape index (κ2) is 8.53. The third kappa shape index (κ3) is 4.94. The summed E-state index contributed by atoms with van der Waals surface area (Å²) in [4.78, 5) is 4.19. The molecule has 3 nitrogen and oxygen atoms in total. The van der Waals surface area contributed by atoms with Crippen molar-refractivity contribution in [3.05, 3.63) is 52.3 Å². The van der Waals surface area contributed by atoms with Crippen LogP contribution in [0, 0.1) is 13.8 Å². The first-order valence-corrected chi connectivity index (χ1v) is 7.37. The largest absolute Gasteiger partial charge is 0.497 e. The molecule has 0 N–H and O–H groups in total. The van der Waals surface area contributed by atoms with Crippen LogP contribution in [-0.4, -0.2) is 12.1 Å². The van der Waals surface area contributed by atoms with Crippen LogP contribution in [0.25, 0.3) is 0 Å². The maximum atomic E-state index is 5.89. The molecule has 0 amide bonds. The van der Waals surface area contributed by atoms with Crippen LogP contribution in [0.4, 0.5) is 0 Å². The van der Waals surface area contributed by atoms with Gasteiger partial charge in [-0.2, -0.15) is 0 Å². The lowest BCUT2D eigenvalue weighted by molar-refractivity contribution is 0.300. The monoisotopic (exact) mass is 307 g/mol. The topological polar surface area (TPSA) is 31.4 Å². The molecule has 1 aromatic carbocycles. The number of nitrogens with zero attached hydrogens (tertiary/aromatic N) is 1. The molecule has 0 aliphatic rings. The molecule has 0 unspecified atom stereocenters. The fourth-order valence-corrected chi connectivity index (χ4v) is 2.16. The van der Waals surface area contributed by atoms with Gasteiger partial charge in [-0.05, 0) is 43.2 Å². The Morgan fingerprint density at radius 2 is 1.71 bits per heavy atom. The molecule has 1 heterocycles. The Labute approximate surface area is 131 Å². The van der Waals surface area contributed by atoms with E-state index in [0.29, 0.717) is 11.8 Å². The smallest absolute Gasteiger partial charge is 0.144 e. The Hall–Kier alpha value is -1.74. The Kier molecular flexibility index (Phi) is 7.03. The van der Waals surface area contributed by atoms with Gasteiger partial charge in [-0.1, -0.05) is 37.6 Å². The number of aromatic nitrogens is 1. The Bertz CT molecular complexity index is 544. The highest BCUT2D eigenvalue weighted by Gasteiger charge is 2.07. The third-order valence-electron chi connectivity index (χ3n) is 2.84. The third-order valence-corrected chi connectivity index (χ3v) is 3.03. The lowest BCUT2D eigenvalue weighted by Crippen LogP contribution is -2.00. The Balaban J connectivity index is 0.00000106. The van der Waals surface area contributed by atoms with Gasteiger partial charge in [0, 0.05) is 0 Å². The first kappa shape index (κ1) is 17.3. The molecule has 0 aliphatic carbocycles. The van der Waals surface area contributed by atoms with Crippen molar-refractivity contribution in [3.8, 4) is 11.5 Å². The van der Waals surface area contributed by atoms with Crippen LogP contribution in [0.3, 0.4) is 0 Å². The summed E-state index contributed by atoms with van der Waals surface area (Å²) >= 11 is 5.89. The fourth-order valence-electron chi connectivity index (χ4n) is 1.87. The molecule has 0 radical (unpaired) electrons. The van der Waals surface area contributed by atoms with Crippen LogP contribution >= 0.6 is 11.6 Å². The number of halogens is 1. The van der Waals surface area contributed by atoms with Gasteiger partial charge in [0.15, 0.2) is 0 Å². The molecule has 0 fully saturated rings. The van der Waals surface area contributed by atoms with Gasteiger partial charge in [-0.25, -0.2) is 4.98 Å². The summed E-state index contributed by atoms with van der Waals surface area (Å²) in [5.41, 5.74) is 2.87. The summed E-state index contributed by atoms with van der Waals surface area (Å²) in [5.74, 6) is 1.63. The number of hydrogen-bond donors (Lipinski definition) is 0. The zero-order valence-electron chi connectivity index (χ0n) is 13.2. The van der Waals surface area contributed by atoms with Gasteiger partial charge in [-0.3, -0.25) is 0 Å². The van der Waals surface area contributed by atoms with Crippen LogP contribution in [0.5, 0.6) is 11.5 Å². The summed E-state index contributed by atoms with van der Waals surface area (Å²) in [5, 5.41) is 0.492. The first-order chi connectivity index (χ1) is 10.1. The molecular weight excluding hydrogens is 286 g/mol. The number of ether oxygens (including phenoxy) is 2. The van der Waals surface area contributed by atoms with Crippen LogP contribution < -0.4 is 9.47 Å². The summed E-state index contributed by atoms with van der Waals surface area (Å²) in [6.07, 6.45) is 0. The number of methoxy groups -OCH3 is 1. The predicted molar refractivity (Wildman–Crippen MR) is 87.4 cm³/mol. The minimum absolute atomic E-state index is 0.492. The van der Waals surface area contributed by atoms with Gasteiger partial charge in [-0.15, -0.1) is 0 Å². The minimum Gasteiger partial charge on any atom is -0.497 e. The molecule has 0 bridgehead atoms. The maximum Gasteiger partial charge on any atom is 0.144 e. The van der Waals surface area contributed by atoms with Gasteiger partial charge in [0.1, 0.15) is 23.3 Å². The van der Waals surface area contributed by atoms with Crippen molar-refractivity contribution < 1.29 is 9.47 Å². The average molecular weight is 308 g/mol. The summed E-state index contributed by atoms with van der Waals surface area (Å²) in [6, 6.07) is 9.59. The second-order valence-corrected chi connectivity index (χ2v) is 4.70. The minimum atomic E-state index is 0.492. The zero-order chi connectivity index (χ0) is 15.8. The number of aryl methyl sites for hydroxylation is 2. The van der Waals surface area contributed by atoms with E-state index in [1.807, 2.05) is 52.0 Å². The zero-order valence-corrected chi connectivity index (χ0v) is 14.0. The van der Waals surface area contributed by atoms with E-state index in [0.717, 1.165) is 28.3 Å². The van der Waals surface area contributed by atoms with Gasteiger partial charge in [0.05, 0.1) is 12.8 Å². The Morgan fingerprint density at radius 3 is 2.24 bits per heavy atom. The Morgan fingerprint density at radius 1 is 1.10 bits per heavy atom. The van der Waals surface area contributed by atoms with Crippen LogP contribution in [0.2, 0.25) is 5.15 Å². The van der Waals surface area contributed by atoms with Crippen molar-refractivity contribution in [2.75, 3.05) is 7.11 Å². The van der Waals surface area contributed by atoms with Gasteiger partial charge in [0.2, 0.25) is 0 Å². The molecule has 1 aromatic heterocycles. The van der Waals surface area contributed by atoms with E-state index >= 15 is 0 Å². The highest BCUT2D eigenvalue weighted by atomic mass is 35.5. The summed E-state index contributed by atoms with van der Waals surface area (Å²) in [7, 11) is 1.65. The molecule has 2 rings (SSSR count). The van der Waals surface area contributed by atoms with E-state index in [9.17, 15) is 0 Å². The van der Waals surface area contributed by atoms with E-state index in [4.69, 9.17) is 21.1 Å². The molecule has 2 aromatic rings. The van der Waals surface area contributed by atoms with Crippen molar-refractivity contribution in [1.29, 1.82) is 0 Å². The fraction of sp³-hybridized carbons (Fsp3) is 0.353. The highest BCUT2D eigenvalue weighted by molar-refractivity contribution is 6.29. The van der Waals surface area contributed by atoms with Crippen molar-refractivity contribution in [1.82, 2.24) is 4.98 Å². The van der Waals surface area contributed by atoms with E-state index in [2.05, 4.69) is 4.98 Å². The first-order valence-electron chi connectivity index (χ1n) is 6.99. The van der Waals surface area contributed by atoms with E-state index in [-0.39, 0.29) is 0 Å². The molecule has 0 atom stereocenters. The van der Waals surface area contributed by atoms with Crippen molar-refractivity contribution >= 4 is 11.6 Å². The number of pyridine rings is 1. The van der Waals surface area contributed by atoms with Gasteiger partial charge >= 0.3 is 0 Å². The van der Waals surface area contributed by atoms with E-state index < -0.39 is 0 Å². The van der Waals surface area contributed by atoms with Crippen molar-refractivity contribution in [2.24, 2.45) is 0 Å². The molecule has 4 heteroatoms. The molecular formula is C17H22ClNO2. The van der Waals surface area contributed by atoms with Gasteiger partial charge < -0.3 is 9.47 Å². The quantitative estimate of drug-likeness (QED) is 0.748. The SMILES string of the molecule is CC.COc1ccc(COc2c(C)cc(Cl)nc2C)cc1. The van der Waals surface area contributed by atoms with Crippen LogP contribution in [0.15, 0.2) is 30.3 Å². The van der Waals surface area contributed by atoms with Crippen LogP contribution in [-0.2, 0) is 6.61 Å². The lowest BCUT2D eigenvalue weighted by Gasteiger charge is -2.12. The molecule has 0 aliphatic heterocycles. The molecule has 21 heavy (non-hydrogen) atoms. The maximum absolute atomic E-state index is 5.89. The molecule has 114 valence electrons. The number of hydrogen-bond acceptors (Lipinski definition) is 3. The molecule has 0 saturated heterocycles. The average Bonchev–Trinajstić information content (AvgIpc) is 2.49. The normalized spacial score (nSPS) is 9.62. The molecule has 0 spiro atoms. The second-order valence-electron chi connectivity index (χ2n) is 4.31. The van der Waals surface area contributed by atoms with E-state index in [1.54, 1.807) is 13.2 Å². The molecule has 0 saturated carbocycles. The number of benzene rings is 1. The highest BCUT2D eigenvalue weighted by Crippen LogP contribution is 2.25. The summed E-state index contributed by atoms with van der Waals surface area (Å²) in [6.45, 7) is 8.35. The lowest BCUT2D eigenvalue weighted by atomic mass is 10.2. The van der Waals surface area contributed by atoms with Crippen molar-refractivity contribution in [3.63, 3.8) is 0 Å². The summed E-state index contributed by atoms with van der Waals surface area (Å²) < 4.78 is 10.9. The number of rotatable bonds is 4. The van der Waals surface area contributed by atoms with Gasteiger partial charge in [0.25, 0.3) is 0 Å². The van der Waals surface area contributed by atoms with Crippen molar-refractivity contribution in [2.45, 2.75) is 34.3 Å². The standard InChI is InChI=1S/C15H16ClNO2.C2H6/c1-10-8-14(16)17-11(2)15(10)19-9-12-4-6-13(18-3)7-5-12;1-2/h4-8H,9H2,1-3H3;1-2H3. The predicted octanol–water partition coefficient (Wildman–Crippen LogP) is 4.97. The van der Waals surface area contributed by atoms with E-state index in [1.165, 1.54) is 0 Å².